The summed E-state index contributed by atoms with van der Waals surface area (Å²) >= 11 is 0. The zero-order chi connectivity index (χ0) is 37.7. The van der Waals surface area contributed by atoms with E-state index in [2.05, 4.69) is 26.6 Å². The van der Waals surface area contributed by atoms with Crippen molar-refractivity contribution in [2.24, 2.45) is 5.92 Å². The minimum Gasteiger partial charge on any atom is -0.508 e. The summed E-state index contributed by atoms with van der Waals surface area (Å²) in [6, 6.07) is 11.1. The molecule has 1 heterocycles. The lowest BCUT2D eigenvalue weighted by atomic mass is 10.0. The molecule has 4 amide bonds. The van der Waals surface area contributed by atoms with Crippen LogP contribution in [0, 0.1) is 5.92 Å². The fourth-order valence-electron chi connectivity index (χ4n) is 5.36. The predicted octanol–water partition coefficient (Wildman–Crippen LogP) is -2.73. The lowest BCUT2D eigenvalue weighted by molar-refractivity contribution is -0.227. The van der Waals surface area contributed by atoms with Gasteiger partial charge in [-0.15, -0.1) is 0 Å². The van der Waals surface area contributed by atoms with Crippen LogP contribution in [0.5, 0.6) is 5.75 Å². The highest BCUT2D eigenvalue weighted by Crippen LogP contribution is 2.28. The second-order valence-electron chi connectivity index (χ2n) is 12.8. The van der Waals surface area contributed by atoms with Crippen LogP contribution >= 0.6 is 0 Å². The average molecular weight is 718 g/mol. The summed E-state index contributed by atoms with van der Waals surface area (Å²) in [5.41, 5.74) is 1.27. The van der Waals surface area contributed by atoms with Gasteiger partial charge < -0.3 is 62.0 Å². The molecule has 2 aromatic carbocycles. The maximum atomic E-state index is 13.2. The molecule has 0 unspecified atom stereocenters. The van der Waals surface area contributed by atoms with Crippen LogP contribution < -0.4 is 26.6 Å². The molecular formula is C34H47N5O12. The Labute approximate surface area is 294 Å². The normalized spacial score (nSPS) is 21.7. The number of aromatic hydroxyl groups is 1. The molecule has 3 rings (SSSR count). The number of benzene rings is 2. The summed E-state index contributed by atoms with van der Waals surface area (Å²) in [6.45, 7) is 1.21. The van der Waals surface area contributed by atoms with Gasteiger partial charge in [0.25, 0.3) is 0 Å². The Bertz CT molecular complexity index is 1480. The molecule has 0 aliphatic carbocycles. The van der Waals surface area contributed by atoms with Gasteiger partial charge in [0.15, 0.2) is 0 Å². The molecule has 280 valence electrons. The Kier molecular flexibility index (Phi) is 15.3. The number of carbonyl (C=O) groups is 5. The maximum absolute atomic E-state index is 13.2. The van der Waals surface area contributed by atoms with E-state index < -0.39 is 98.1 Å². The van der Waals surface area contributed by atoms with E-state index in [0.29, 0.717) is 11.1 Å². The second kappa shape index (κ2) is 19.1. The number of phenolic OH excluding ortho intramolecular Hbond substituents is 1. The molecule has 1 aliphatic heterocycles. The predicted molar refractivity (Wildman–Crippen MR) is 180 cm³/mol. The van der Waals surface area contributed by atoms with Crippen LogP contribution in [0.2, 0.25) is 0 Å². The Morgan fingerprint density at radius 1 is 0.804 bits per heavy atom. The molecular weight excluding hydrogens is 670 g/mol. The first kappa shape index (κ1) is 40.8. The Morgan fingerprint density at radius 2 is 1.41 bits per heavy atom. The molecule has 2 aromatic rings. The quantitative estimate of drug-likeness (QED) is 0.0705. The highest BCUT2D eigenvalue weighted by molar-refractivity contribution is 5.93. The van der Waals surface area contributed by atoms with Gasteiger partial charge in [-0.1, -0.05) is 56.3 Å². The summed E-state index contributed by atoms with van der Waals surface area (Å²) in [6.07, 6.45) is -4.48. The van der Waals surface area contributed by atoms with Gasteiger partial charge >= 0.3 is 5.97 Å². The van der Waals surface area contributed by atoms with Crippen LogP contribution in [-0.4, -0.2) is 129 Å². The number of phenols is 1. The zero-order valence-corrected chi connectivity index (χ0v) is 28.3. The van der Waals surface area contributed by atoms with Gasteiger partial charge in [0.05, 0.1) is 32.3 Å². The SMILES string of the molecule is CC(C)C[C@H](NC(=O)[C@H](Cc1ccccc1)NC(=O)CNC(=O)CNC(=O)[C@H](Cc1ccc(O)cc1)NC[C@]1(O)O[C@H](CO)[C@H](O)[C@@H]1O)C(=O)O. The molecule has 1 aliphatic rings. The van der Waals surface area contributed by atoms with Gasteiger partial charge in [-0.25, -0.2) is 4.79 Å². The fraction of sp³-hybridized carbons (Fsp3) is 0.500. The van der Waals surface area contributed by atoms with E-state index in [1.807, 2.05) is 13.8 Å². The van der Waals surface area contributed by atoms with Crippen molar-refractivity contribution >= 4 is 29.6 Å². The smallest absolute Gasteiger partial charge is 0.326 e. The molecule has 11 N–H and O–H groups in total. The van der Waals surface area contributed by atoms with Crippen LogP contribution in [0.25, 0.3) is 0 Å². The molecule has 0 radical (unpaired) electrons. The van der Waals surface area contributed by atoms with Crippen molar-refractivity contribution in [3.8, 4) is 5.75 Å². The third-order valence-electron chi connectivity index (χ3n) is 8.12. The van der Waals surface area contributed by atoms with Gasteiger partial charge in [0.2, 0.25) is 29.4 Å². The number of hydrogen-bond donors (Lipinski definition) is 11. The first-order valence-corrected chi connectivity index (χ1v) is 16.4. The van der Waals surface area contributed by atoms with E-state index in [4.69, 9.17) is 4.74 Å². The number of carboxylic acids is 1. The second-order valence-corrected chi connectivity index (χ2v) is 12.8. The van der Waals surface area contributed by atoms with E-state index >= 15 is 0 Å². The number of carbonyl (C=O) groups excluding carboxylic acids is 4. The minimum absolute atomic E-state index is 0.0148. The molecule has 1 saturated heterocycles. The Balaban J connectivity index is 1.59. The van der Waals surface area contributed by atoms with Gasteiger partial charge in [-0.05, 0) is 42.0 Å². The molecule has 1 fully saturated rings. The Morgan fingerprint density at radius 3 is 2.00 bits per heavy atom. The van der Waals surface area contributed by atoms with E-state index in [9.17, 15) is 54.6 Å². The first-order valence-electron chi connectivity index (χ1n) is 16.4. The third-order valence-corrected chi connectivity index (χ3v) is 8.12. The van der Waals surface area contributed by atoms with Crippen molar-refractivity contribution in [3.63, 3.8) is 0 Å². The number of aliphatic hydroxyl groups excluding tert-OH is 3. The molecule has 0 aromatic heterocycles. The summed E-state index contributed by atoms with van der Waals surface area (Å²) < 4.78 is 5.22. The van der Waals surface area contributed by atoms with Crippen molar-refractivity contribution in [1.82, 2.24) is 26.6 Å². The number of aliphatic carboxylic acids is 1. The molecule has 51 heavy (non-hydrogen) atoms. The number of aliphatic hydroxyl groups is 4. The summed E-state index contributed by atoms with van der Waals surface area (Å²) in [4.78, 5) is 63.5. The van der Waals surface area contributed by atoms with Crippen LogP contribution in [-0.2, 0) is 41.6 Å². The fourth-order valence-corrected chi connectivity index (χ4v) is 5.36. The molecule has 17 nitrogen and oxygen atoms in total. The van der Waals surface area contributed by atoms with Crippen LogP contribution in [0.15, 0.2) is 54.6 Å². The van der Waals surface area contributed by atoms with Crippen molar-refractivity contribution in [1.29, 1.82) is 0 Å². The standard InChI is InChI=1S/C34H47N5O12/c1-19(2)12-25(33(48)49)39-32(47)24(14-20-6-4-3-5-7-20)38-28(43)16-35-27(42)15-36-31(46)23(13-21-8-10-22(41)11-9-21)37-18-34(50)30(45)29(44)26(17-40)51-34/h3-11,19,23-26,29-30,37,40-41,44-45,50H,12-18H2,1-2H3,(H,35,42)(H,36,46)(H,38,43)(H,39,47)(H,48,49)/t23-,24-,25-,26+,29-,30-,34-/m0/s1. The monoisotopic (exact) mass is 717 g/mol. The molecule has 0 bridgehead atoms. The minimum atomic E-state index is -2.36. The average Bonchev–Trinajstić information content (AvgIpc) is 3.31. The van der Waals surface area contributed by atoms with Gasteiger partial charge in [-0.2, -0.15) is 0 Å². The zero-order valence-electron chi connectivity index (χ0n) is 28.3. The lowest BCUT2D eigenvalue weighted by Crippen LogP contribution is -2.56. The number of carboxylic acid groups (broad SMARTS) is 1. The Hall–Kier alpha value is -4.65. The number of amides is 4. The molecule has 0 spiro atoms. The van der Waals surface area contributed by atoms with Crippen LogP contribution in [0.4, 0.5) is 0 Å². The maximum Gasteiger partial charge on any atom is 0.326 e. The van der Waals surface area contributed by atoms with Crippen molar-refractivity contribution in [3.05, 3.63) is 65.7 Å². The number of ether oxygens (including phenoxy) is 1. The molecule has 7 atom stereocenters. The van der Waals surface area contributed by atoms with E-state index in [-0.39, 0.29) is 30.9 Å². The van der Waals surface area contributed by atoms with Crippen LogP contribution in [0.1, 0.15) is 31.4 Å². The third kappa shape index (κ3) is 12.6. The highest BCUT2D eigenvalue weighted by Gasteiger charge is 2.53. The largest absolute Gasteiger partial charge is 0.508 e. The lowest BCUT2D eigenvalue weighted by Gasteiger charge is -2.29. The van der Waals surface area contributed by atoms with E-state index in [1.54, 1.807) is 42.5 Å². The topological polar surface area (TPSA) is 276 Å². The van der Waals surface area contributed by atoms with Crippen LogP contribution in [0.3, 0.4) is 0 Å². The highest BCUT2D eigenvalue weighted by atomic mass is 16.7. The van der Waals surface area contributed by atoms with Crippen molar-refractivity contribution in [2.45, 2.75) is 75.3 Å². The molecule has 0 saturated carbocycles. The summed E-state index contributed by atoms with van der Waals surface area (Å²) in [5.74, 6) is -6.58. The summed E-state index contributed by atoms with van der Waals surface area (Å²) in [5, 5.41) is 72.1. The van der Waals surface area contributed by atoms with Crippen molar-refractivity contribution in [2.75, 3.05) is 26.2 Å². The number of nitrogens with one attached hydrogen (secondary N) is 5. The number of rotatable bonds is 19. The van der Waals surface area contributed by atoms with Gasteiger partial charge in [0.1, 0.15) is 36.1 Å². The van der Waals surface area contributed by atoms with Crippen molar-refractivity contribution < 1.29 is 59.3 Å². The van der Waals surface area contributed by atoms with E-state index in [1.165, 1.54) is 12.1 Å². The van der Waals surface area contributed by atoms with Gasteiger partial charge in [0, 0.05) is 6.42 Å². The van der Waals surface area contributed by atoms with Gasteiger partial charge in [-0.3, -0.25) is 19.2 Å². The molecule has 17 heteroatoms. The first-order chi connectivity index (χ1) is 24.1. The van der Waals surface area contributed by atoms with E-state index in [0.717, 1.165) is 0 Å². The number of hydrogen-bond acceptors (Lipinski definition) is 12. The summed E-state index contributed by atoms with van der Waals surface area (Å²) in [7, 11) is 0.